The number of H-pyrrole nitrogens is 1. The topological polar surface area (TPSA) is 170 Å². The molecule has 2 saturated heterocycles. The highest BCUT2D eigenvalue weighted by molar-refractivity contribution is 5.86. The Bertz CT molecular complexity index is 2240. The van der Waals surface area contributed by atoms with Crippen molar-refractivity contribution in [2.24, 2.45) is 11.8 Å². The molecule has 14 nitrogen and oxygen atoms in total. The molecule has 1 aromatic carbocycles. The number of ether oxygens (including phenoxy) is 1. The summed E-state index contributed by atoms with van der Waals surface area (Å²) in [5.74, 6) is 2.38. The number of phenolic OH excluding ortho intramolecular Hbond substituents is 1. The molecule has 4 atom stereocenters. The molecule has 0 spiro atoms. The van der Waals surface area contributed by atoms with Crippen LogP contribution in [0.2, 0.25) is 0 Å². The van der Waals surface area contributed by atoms with Crippen LogP contribution in [0.4, 0.5) is 5.95 Å². The number of rotatable bonds is 10. The number of aromatic amines is 1. The summed E-state index contributed by atoms with van der Waals surface area (Å²) in [6.07, 6.45) is 11.8. The number of likely N-dealkylation sites (tertiary alicyclic amines) is 2. The summed E-state index contributed by atoms with van der Waals surface area (Å²) in [7, 11) is 0. The summed E-state index contributed by atoms with van der Waals surface area (Å²) < 4.78 is 11.8. The van der Waals surface area contributed by atoms with E-state index in [1.165, 1.54) is 29.7 Å². The number of aromatic hydroxyl groups is 1. The van der Waals surface area contributed by atoms with Crippen LogP contribution in [0.3, 0.4) is 0 Å². The number of hydrogen-bond donors (Lipinski definition) is 3. The van der Waals surface area contributed by atoms with E-state index >= 15 is 0 Å². The third-order valence-corrected chi connectivity index (χ3v) is 13.6. The minimum absolute atomic E-state index is 0.00424. The molecule has 4 aromatic heterocycles. The van der Waals surface area contributed by atoms with Gasteiger partial charge < -0.3 is 39.2 Å². The number of benzene rings is 1. The van der Waals surface area contributed by atoms with Gasteiger partial charge >= 0.3 is 0 Å². The fourth-order valence-electron chi connectivity index (χ4n) is 10.3. The normalized spacial score (nSPS) is 24.8. The molecule has 9 rings (SSSR count). The Kier molecular flexibility index (Phi) is 11.0. The number of fused-ring (bicyclic) bond motifs is 3. The van der Waals surface area contributed by atoms with Crippen molar-refractivity contribution >= 4 is 22.9 Å². The molecule has 0 unspecified atom stereocenters. The van der Waals surface area contributed by atoms with E-state index in [9.17, 15) is 15.0 Å². The van der Waals surface area contributed by atoms with Crippen LogP contribution in [0.15, 0.2) is 53.3 Å². The molecule has 3 N–H and O–H groups in total. The van der Waals surface area contributed by atoms with Crippen LogP contribution >= 0.6 is 0 Å². The number of carbonyl (C=O) groups excluding carboxylic acids is 1. The van der Waals surface area contributed by atoms with E-state index in [1.807, 2.05) is 51.4 Å². The van der Waals surface area contributed by atoms with Gasteiger partial charge in [0, 0.05) is 72.3 Å². The third kappa shape index (κ3) is 7.88. The van der Waals surface area contributed by atoms with Gasteiger partial charge in [0.1, 0.15) is 11.7 Å². The minimum atomic E-state index is -0.476. The highest BCUT2D eigenvalue weighted by Crippen LogP contribution is 2.40. The van der Waals surface area contributed by atoms with Crippen molar-refractivity contribution in [1.29, 1.82) is 0 Å². The van der Waals surface area contributed by atoms with E-state index in [4.69, 9.17) is 19.2 Å². The summed E-state index contributed by atoms with van der Waals surface area (Å²) in [4.78, 5) is 33.5. The van der Waals surface area contributed by atoms with Gasteiger partial charge in [-0.25, -0.2) is 9.97 Å². The quantitative estimate of drug-likeness (QED) is 0.136. The number of piperidine rings is 1. The summed E-state index contributed by atoms with van der Waals surface area (Å²) >= 11 is 0. The largest absolute Gasteiger partial charge is 0.507 e. The Hall–Kier alpha value is -5.08. The minimum Gasteiger partial charge on any atom is -0.507 e. The number of phenols is 1. The van der Waals surface area contributed by atoms with Gasteiger partial charge in [-0.2, -0.15) is 0 Å². The van der Waals surface area contributed by atoms with Gasteiger partial charge in [-0.05, 0) is 119 Å². The Morgan fingerprint density at radius 3 is 2.47 bits per heavy atom. The van der Waals surface area contributed by atoms with Gasteiger partial charge in [0.2, 0.25) is 11.9 Å². The van der Waals surface area contributed by atoms with E-state index in [0.717, 1.165) is 68.7 Å². The van der Waals surface area contributed by atoms with Gasteiger partial charge in [-0.3, -0.25) is 4.79 Å². The van der Waals surface area contributed by atoms with Crippen LogP contribution in [0.1, 0.15) is 113 Å². The van der Waals surface area contributed by atoms with Gasteiger partial charge in [0.05, 0.1) is 24.4 Å². The van der Waals surface area contributed by atoms with Crippen LogP contribution in [0.5, 0.6) is 11.6 Å². The number of aliphatic hydroxyl groups excluding tert-OH is 1. The molecular formula is C45H57N9O5. The smallest absolute Gasteiger partial charge is 0.254 e. The number of β-amino-alcohol motifs (C(OH)–C–C–N with tert-alkyl or cyclic N) is 1. The molecule has 7 heterocycles. The lowest BCUT2D eigenvalue weighted by molar-refractivity contribution is -0.135. The maximum absolute atomic E-state index is 13.5. The number of nitrogens with zero attached hydrogens (tertiary/aromatic N) is 8. The Labute approximate surface area is 345 Å². The maximum atomic E-state index is 13.5. The number of carbonyl (C=O) groups is 1. The van der Waals surface area contributed by atoms with Gasteiger partial charge in [0.25, 0.3) is 5.88 Å². The molecule has 5 aromatic rings. The second kappa shape index (κ2) is 16.5. The number of nitrogens with one attached hydrogen (secondary N) is 1. The van der Waals surface area contributed by atoms with Crippen LogP contribution in [-0.4, -0.2) is 107 Å². The standard InChI is InChI=1S/C45H57N9O5/c1-26(2)41(44(57)54-24-33(55)19-27(54)3)39-21-40(51-59-39)58-25-29-9-11-32(12-10-29)52-16-13-30(14-17-52)31-22-46-45(47-23-31)53-18-15-36-42(28(53)4)35-20-37(49-50-43(35)48-36)34-7-5-6-8-38(34)56/h5-8,20-23,26-30,32-33,41,55-56H,9-19,24-25H2,1-4H3,(H,48,50)/t27-,28-,29-,32-,33-,41-/m1/s1. The van der Waals surface area contributed by atoms with Crippen molar-refractivity contribution in [3.63, 3.8) is 0 Å². The number of hydrogen-bond acceptors (Lipinski definition) is 12. The van der Waals surface area contributed by atoms with Crippen LogP contribution < -0.4 is 9.64 Å². The summed E-state index contributed by atoms with van der Waals surface area (Å²) in [5, 5.41) is 34.6. The Balaban J connectivity index is 0.750. The summed E-state index contributed by atoms with van der Waals surface area (Å²) in [6, 6.07) is 11.7. The monoisotopic (exact) mass is 803 g/mol. The molecule has 59 heavy (non-hydrogen) atoms. The van der Waals surface area contributed by atoms with E-state index in [1.54, 1.807) is 23.1 Å². The fourth-order valence-corrected chi connectivity index (χ4v) is 10.3. The van der Waals surface area contributed by atoms with Crippen molar-refractivity contribution in [2.75, 3.05) is 37.7 Å². The molecule has 3 fully saturated rings. The van der Waals surface area contributed by atoms with E-state index in [-0.39, 0.29) is 29.7 Å². The molecule has 1 aliphatic carbocycles. The van der Waals surface area contributed by atoms with Gasteiger partial charge in [-0.15, -0.1) is 10.2 Å². The number of aliphatic hydroxyl groups is 1. The molecule has 0 radical (unpaired) electrons. The molecule has 1 amide bonds. The van der Waals surface area contributed by atoms with Crippen molar-refractivity contribution < 1.29 is 24.3 Å². The second-order valence-electron chi connectivity index (χ2n) is 17.8. The first-order valence-corrected chi connectivity index (χ1v) is 21.7. The maximum Gasteiger partial charge on any atom is 0.254 e. The zero-order chi connectivity index (χ0) is 40.8. The predicted octanol–water partition coefficient (Wildman–Crippen LogP) is 6.77. The van der Waals surface area contributed by atoms with E-state index in [0.29, 0.717) is 60.3 Å². The SMILES string of the molecule is CC(C)[C@@H](C(=O)N1C[C@H](O)C[C@H]1C)c1cc(OC[C@H]2CC[C@H](N3CCC(c4cnc(N5CCc6[nH]c7nnc(-c8ccccc8O)cc7c6[C@H]5C)nc4)CC3)CC2)no1. The lowest BCUT2D eigenvalue weighted by Gasteiger charge is -2.40. The zero-order valence-corrected chi connectivity index (χ0v) is 34.6. The highest BCUT2D eigenvalue weighted by atomic mass is 16.5. The number of para-hydroxylation sites is 1. The molecule has 4 aliphatic rings. The average molecular weight is 804 g/mol. The first kappa shape index (κ1) is 39.4. The van der Waals surface area contributed by atoms with Gasteiger partial charge in [0.15, 0.2) is 11.4 Å². The van der Waals surface area contributed by atoms with Crippen LogP contribution in [0, 0.1) is 11.8 Å². The molecule has 0 bridgehead atoms. The number of amides is 1. The zero-order valence-electron chi connectivity index (χ0n) is 34.6. The highest BCUT2D eigenvalue weighted by Gasteiger charge is 2.39. The van der Waals surface area contributed by atoms with Crippen LogP contribution in [0.25, 0.3) is 22.3 Å². The summed E-state index contributed by atoms with van der Waals surface area (Å²) in [5.41, 5.74) is 5.64. The van der Waals surface area contributed by atoms with Crippen molar-refractivity contribution in [1.82, 2.24) is 40.1 Å². The second-order valence-corrected chi connectivity index (χ2v) is 17.8. The van der Waals surface area contributed by atoms with E-state index in [2.05, 4.69) is 37.1 Å². The number of aromatic nitrogens is 6. The molecule has 312 valence electrons. The summed E-state index contributed by atoms with van der Waals surface area (Å²) in [6.45, 7) is 12.1. The average Bonchev–Trinajstić information content (AvgIpc) is 3.96. The Morgan fingerprint density at radius 2 is 1.76 bits per heavy atom. The number of anilines is 1. The predicted molar refractivity (Wildman–Crippen MR) is 223 cm³/mol. The molecule has 1 saturated carbocycles. The van der Waals surface area contributed by atoms with Crippen molar-refractivity contribution in [3.05, 3.63) is 71.4 Å². The molecule has 14 heteroatoms. The fraction of sp³-hybridized carbons (Fsp3) is 0.556. The first-order chi connectivity index (χ1) is 28.6. The van der Waals surface area contributed by atoms with Gasteiger partial charge in [-0.1, -0.05) is 26.0 Å². The first-order valence-electron chi connectivity index (χ1n) is 21.7. The van der Waals surface area contributed by atoms with Crippen molar-refractivity contribution in [3.8, 4) is 22.9 Å². The van der Waals surface area contributed by atoms with E-state index < -0.39 is 12.0 Å². The van der Waals surface area contributed by atoms with Crippen molar-refractivity contribution in [2.45, 2.75) is 115 Å². The third-order valence-electron chi connectivity index (χ3n) is 13.6. The molecule has 3 aliphatic heterocycles. The van der Waals surface area contributed by atoms with Crippen LogP contribution in [-0.2, 0) is 11.2 Å². The lowest BCUT2D eigenvalue weighted by atomic mass is 9.83. The Morgan fingerprint density at radius 1 is 1.00 bits per heavy atom. The lowest BCUT2D eigenvalue weighted by Crippen LogP contribution is -2.43. The molecular weight excluding hydrogens is 747 g/mol.